The van der Waals surface area contributed by atoms with Crippen molar-refractivity contribution >= 4 is 0 Å². The van der Waals surface area contributed by atoms with Crippen LogP contribution in [0.3, 0.4) is 0 Å². The van der Waals surface area contributed by atoms with Gasteiger partial charge in [0.05, 0.1) is 19.2 Å². The summed E-state index contributed by atoms with van der Waals surface area (Å²) in [5, 5.41) is 16.3. The van der Waals surface area contributed by atoms with Gasteiger partial charge in [-0.1, -0.05) is 5.92 Å². The van der Waals surface area contributed by atoms with E-state index in [0.717, 1.165) is 0 Å². The maximum atomic E-state index is 9.46. The molecule has 0 aliphatic rings. The fourth-order valence-electron chi connectivity index (χ4n) is 1.000. The number of hydrogen-bond acceptors (Lipinski definition) is 3. The van der Waals surface area contributed by atoms with Gasteiger partial charge in [-0.3, -0.25) is 4.68 Å². The maximum absolute atomic E-state index is 9.46. The zero-order valence-electron chi connectivity index (χ0n) is 7.35. The number of nitrogens with one attached hydrogen (secondary N) is 1. The number of aliphatic hydroxyl groups excluding tert-OH is 1. The van der Waals surface area contributed by atoms with E-state index in [1.54, 1.807) is 10.9 Å². The van der Waals surface area contributed by atoms with Crippen LogP contribution in [0.5, 0.6) is 0 Å². The van der Waals surface area contributed by atoms with E-state index in [9.17, 15) is 5.11 Å². The Morgan fingerprint density at radius 1 is 1.69 bits per heavy atom. The summed E-state index contributed by atoms with van der Waals surface area (Å²) in [6, 6.07) is 1.82. The SMILES string of the molecule is C#CCNCC(O)Cn1cccn1. The van der Waals surface area contributed by atoms with Crippen LogP contribution in [0.4, 0.5) is 0 Å². The zero-order valence-corrected chi connectivity index (χ0v) is 7.35. The van der Waals surface area contributed by atoms with Gasteiger partial charge in [-0.25, -0.2) is 0 Å². The van der Waals surface area contributed by atoms with Crippen molar-refractivity contribution in [3.8, 4) is 12.3 Å². The molecule has 1 unspecified atom stereocenters. The molecule has 0 amide bonds. The van der Waals surface area contributed by atoms with Gasteiger partial charge in [0.2, 0.25) is 0 Å². The molecule has 1 atom stereocenters. The first-order chi connectivity index (χ1) is 6.33. The number of aliphatic hydroxyl groups is 1. The van der Waals surface area contributed by atoms with Gasteiger partial charge in [0.25, 0.3) is 0 Å². The first-order valence-corrected chi connectivity index (χ1v) is 4.12. The van der Waals surface area contributed by atoms with Gasteiger partial charge in [-0.15, -0.1) is 6.42 Å². The van der Waals surface area contributed by atoms with Gasteiger partial charge in [0.15, 0.2) is 0 Å². The highest BCUT2D eigenvalue weighted by Gasteiger charge is 2.03. The van der Waals surface area contributed by atoms with Crippen LogP contribution in [-0.4, -0.2) is 34.1 Å². The monoisotopic (exact) mass is 179 g/mol. The lowest BCUT2D eigenvalue weighted by Gasteiger charge is -2.10. The molecule has 0 aromatic carbocycles. The predicted octanol–water partition coefficient (Wildman–Crippen LogP) is -0.533. The number of aromatic nitrogens is 2. The van der Waals surface area contributed by atoms with Crippen molar-refractivity contribution < 1.29 is 5.11 Å². The van der Waals surface area contributed by atoms with Crippen molar-refractivity contribution in [1.82, 2.24) is 15.1 Å². The molecule has 0 aliphatic carbocycles. The molecular weight excluding hydrogens is 166 g/mol. The largest absolute Gasteiger partial charge is 0.390 e. The number of terminal acetylenes is 1. The Bertz CT molecular complexity index is 263. The van der Waals surface area contributed by atoms with Gasteiger partial charge in [-0.2, -0.15) is 5.10 Å². The second-order valence-electron chi connectivity index (χ2n) is 2.72. The summed E-state index contributed by atoms with van der Waals surface area (Å²) in [7, 11) is 0. The second-order valence-corrected chi connectivity index (χ2v) is 2.72. The molecule has 2 N–H and O–H groups in total. The lowest BCUT2D eigenvalue weighted by Crippen LogP contribution is -2.30. The van der Waals surface area contributed by atoms with Gasteiger partial charge >= 0.3 is 0 Å². The highest BCUT2D eigenvalue weighted by Crippen LogP contribution is 1.89. The highest BCUT2D eigenvalue weighted by atomic mass is 16.3. The molecular formula is C9H13N3O. The van der Waals surface area contributed by atoms with Gasteiger partial charge in [0.1, 0.15) is 0 Å². The molecule has 0 bridgehead atoms. The molecule has 4 nitrogen and oxygen atoms in total. The average Bonchev–Trinajstić information content (AvgIpc) is 2.57. The first kappa shape index (κ1) is 9.78. The van der Waals surface area contributed by atoms with Crippen LogP contribution in [0.2, 0.25) is 0 Å². The van der Waals surface area contributed by atoms with E-state index in [2.05, 4.69) is 16.3 Å². The van der Waals surface area contributed by atoms with E-state index in [1.807, 2.05) is 12.3 Å². The molecule has 1 aromatic rings. The van der Waals surface area contributed by atoms with Crippen LogP contribution in [0.1, 0.15) is 0 Å². The van der Waals surface area contributed by atoms with E-state index in [-0.39, 0.29) is 0 Å². The lowest BCUT2D eigenvalue weighted by molar-refractivity contribution is 0.148. The molecule has 0 saturated carbocycles. The van der Waals surface area contributed by atoms with E-state index in [4.69, 9.17) is 6.42 Å². The molecule has 70 valence electrons. The van der Waals surface area contributed by atoms with E-state index < -0.39 is 6.10 Å². The van der Waals surface area contributed by atoms with Gasteiger partial charge in [0, 0.05) is 18.9 Å². The molecule has 1 heterocycles. The predicted molar refractivity (Wildman–Crippen MR) is 49.9 cm³/mol. The Kier molecular flexibility index (Phi) is 4.03. The molecule has 0 aliphatic heterocycles. The summed E-state index contributed by atoms with van der Waals surface area (Å²) >= 11 is 0. The van der Waals surface area contributed by atoms with Crippen molar-refractivity contribution in [2.24, 2.45) is 0 Å². The Labute approximate surface area is 77.6 Å². The highest BCUT2D eigenvalue weighted by molar-refractivity contribution is 4.87. The second kappa shape index (κ2) is 5.36. The molecule has 0 radical (unpaired) electrons. The number of nitrogens with zero attached hydrogens (tertiary/aromatic N) is 2. The third-order valence-electron chi connectivity index (χ3n) is 1.56. The summed E-state index contributed by atoms with van der Waals surface area (Å²) in [5.41, 5.74) is 0. The Balaban J connectivity index is 2.19. The van der Waals surface area contributed by atoms with Crippen LogP contribution >= 0.6 is 0 Å². The van der Waals surface area contributed by atoms with Crippen LogP contribution in [0.25, 0.3) is 0 Å². The summed E-state index contributed by atoms with van der Waals surface area (Å²) in [4.78, 5) is 0. The van der Waals surface area contributed by atoms with Crippen molar-refractivity contribution in [3.05, 3.63) is 18.5 Å². The Hall–Kier alpha value is -1.31. The molecule has 13 heavy (non-hydrogen) atoms. The fourth-order valence-corrected chi connectivity index (χ4v) is 1.000. The molecule has 0 spiro atoms. The summed E-state index contributed by atoms with van der Waals surface area (Å²) in [5.74, 6) is 2.44. The maximum Gasteiger partial charge on any atom is 0.0860 e. The van der Waals surface area contributed by atoms with Gasteiger partial charge in [-0.05, 0) is 6.07 Å². The quantitative estimate of drug-likeness (QED) is 0.472. The Morgan fingerprint density at radius 2 is 2.54 bits per heavy atom. The smallest absolute Gasteiger partial charge is 0.0860 e. The molecule has 0 saturated heterocycles. The third kappa shape index (κ3) is 3.74. The van der Waals surface area contributed by atoms with Crippen molar-refractivity contribution in [3.63, 3.8) is 0 Å². The zero-order chi connectivity index (χ0) is 9.52. The minimum absolute atomic E-state index is 0.451. The van der Waals surface area contributed by atoms with Crippen LogP contribution in [0.15, 0.2) is 18.5 Å². The molecule has 1 rings (SSSR count). The standard InChI is InChI=1S/C9H13N3O/c1-2-4-10-7-9(13)8-12-6-3-5-11-12/h1,3,5-6,9-10,13H,4,7-8H2. The minimum Gasteiger partial charge on any atom is -0.390 e. The minimum atomic E-state index is -0.451. The topological polar surface area (TPSA) is 50.1 Å². The third-order valence-corrected chi connectivity index (χ3v) is 1.56. The van der Waals surface area contributed by atoms with Crippen molar-refractivity contribution in [2.45, 2.75) is 12.6 Å². The van der Waals surface area contributed by atoms with E-state index in [1.165, 1.54) is 0 Å². The summed E-state index contributed by atoms with van der Waals surface area (Å²) in [6.45, 7) is 1.46. The van der Waals surface area contributed by atoms with Gasteiger partial charge < -0.3 is 10.4 Å². The number of hydrogen-bond donors (Lipinski definition) is 2. The van der Waals surface area contributed by atoms with E-state index in [0.29, 0.717) is 19.6 Å². The molecule has 0 fully saturated rings. The summed E-state index contributed by atoms with van der Waals surface area (Å²) in [6.07, 6.45) is 8.08. The Morgan fingerprint density at radius 3 is 3.15 bits per heavy atom. The average molecular weight is 179 g/mol. The molecule has 1 aromatic heterocycles. The van der Waals surface area contributed by atoms with E-state index >= 15 is 0 Å². The van der Waals surface area contributed by atoms with Crippen LogP contribution in [-0.2, 0) is 6.54 Å². The summed E-state index contributed by atoms with van der Waals surface area (Å²) < 4.78 is 1.68. The number of rotatable bonds is 5. The normalized spacial score (nSPS) is 12.3. The van der Waals surface area contributed by atoms with Crippen LogP contribution < -0.4 is 5.32 Å². The fraction of sp³-hybridized carbons (Fsp3) is 0.444. The first-order valence-electron chi connectivity index (χ1n) is 4.12. The molecule has 4 heteroatoms. The van der Waals surface area contributed by atoms with Crippen molar-refractivity contribution in [1.29, 1.82) is 0 Å². The van der Waals surface area contributed by atoms with Crippen molar-refractivity contribution in [2.75, 3.05) is 13.1 Å². The lowest BCUT2D eigenvalue weighted by atomic mass is 10.3. The van der Waals surface area contributed by atoms with Crippen LogP contribution in [0, 0.1) is 12.3 Å².